The van der Waals surface area contributed by atoms with Gasteiger partial charge in [0.05, 0.1) is 26.2 Å². The van der Waals surface area contributed by atoms with Crippen LogP contribution in [-0.4, -0.2) is 56.3 Å². The van der Waals surface area contributed by atoms with Crippen LogP contribution in [0.1, 0.15) is 65.2 Å². The maximum Gasteiger partial charge on any atom is 0.477 e. The quantitative estimate of drug-likeness (QED) is 0.178. The van der Waals surface area contributed by atoms with Gasteiger partial charge >= 0.3 is 12.6 Å². The molecular formula is C16H30F6N2O2S. The van der Waals surface area contributed by atoms with Crippen molar-refractivity contribution in [2.75, 3.05) is 26.2 Å². The van der Waals surface area contributed by atoms with E-state index in [1.165, 1.54) is 82.0 Å². The van der Waals surface area contributed by atoms with E-state index in [0.717, 1.165) is 0 Å². The third-order valence-corrected chi connectivity index (χ3v) is 5.49. The number of quaternary nitrogens is 1. The van der Waals surface area contributed by atoms with E-state index in [4.69, 9.17) is 0 Å². The van der Waals surface area contributed by atoms with Gasteiger partial charge in [-0.2, -0.15) is 26.3 Å². The van der Waals surface area contributed by atoms with Crippen LogP contribution >= 0.6 is 0 Å². The third kappa shape index (κ3) is 10.7. The van der Waals surface area contributed by atoms with Gasteiger partial charge in [-0.3, -0.25) is 4.21 Å². The van der Waals surface area contributed by atoms with Gasteiger partial charge in [0.25, 0.3) is 0 Å². The fraction of sp³-hybridized carbons (Fsp3) is 1.00. The average Bonchev–Trinajstić information content (AvgIpc) is 2.53. The lowest BCUT2D eigenvalue weighted by Crippen LogP contribution is -2.51. The van der Waals surface area contributed by atoms with E-state index < -0.39 is 28.2 Å². The first-order chi connectivity index (χ1) is 12.4. The molecule has 1 fully saturated rings. The number of piperidine rings is 1. The van der Waals surface area contributed by atoms with E-state index in [1.807, 2.05) is 0 Å². The van der Waals surface area contributed by atoms with Crippen LogP contribution in [0.25, 0.3) is 0 Å². The maximum absolute atomic E-state index is 11.3. The summed E-state index contributed by atoms with van der Waals surface area (Å²) >= 11 is -4.41. The molecule has 1 heterocycles. The number of hydrogen-bond donors (Lipinski definition) is 0. The van der Waals surface area contributed by atoms with Crippen LogP contribution in [0, 0.1) is 0 Å². The summed E-state index contributed by atoms with van der Waals surface area (Å²) in [6.45, 7) is 10.4. The highest BCUT2D eigenvalue weighted by Gasteiger charge is 2.55. The minimum atomic E-state index is -5.98. The highest BCUT2D eigenvalue weighted by molar-refractivity contribution is 7.76. The van der Waals surface area contributed by atoms with Crippen molar-refractivity contribution >= 4 is 11.3 Å². The first-order valence-electron chi connectivity index (χ1n) is 9.28. The maximum atomic E-state index is 11.3. The summed E-state index contributed by atoms with van der Waals surface area (Å²) in [6, 6.07) is 0. The van der Waals surface area contributed by atoms with E-state index in [2.05, 4.69) is 13.8 Å². The second kappa shape index (κ2) is 12.2. The molecule has 1 aliphatic rings. The molecule has 0 aromatic heterocycles. The predicted molar refractivity (Wildman–Crippen MR) is 90.9 cm³/mol. The second-order valence-electron chi connectivity index (χ2n) is 6.75. The van der Waals surface area contributed by atoms with E-state index in [-0.39, 0.29) is 0 Å². The molecule has 0 saturated carbocycles. The van der Waals surface area contributed by atoms with Crippen LogP contribution in [0.2, 0.25) is 0 Å². The Morgan fingerprint density at radius 2 is 1.37 bits per heavy atom. The molecule has 11 heteroatoms. The molecule has 0 aromatic rings. The summed E-state index contributed by atoms with van der Waals surface area (Å²) in [5.74, 6) is 0. The molecule has 1 atom stereocenters. The summed E-state index contributed by atoms with van der Waals surface area (Å²) < 4.78 is 85.5. The molecule has 164 valence electrons. The summed E-state index contributed by atoms with van der Waals surface area (Å²) in [6.07, 6.45) is -0.334. The highest BCUT2D eigenvalue weighted by atomic mass is 32.2. The van der Waals surface area contributed by atoms with Crippen LogP contribution in [0.5, 0.6) is 0 Å². The Bertz CT molecular complexity index is 412. The van der Waals surface area contributed by atoms with Gasteiger partial charge in [0.2, 0.25) is 0 Å². The van der Waals surface area contributed by atoms with Gasteiger partial charge in [0, 0.05) is 11.3 Å². The lowest BCUT2D eigenvalue weighted by molar-refractivity contribution is -0.931. The van der Waals surface area contributed by atoms with Gasteiger partial charge in [0.1, 0.15) is 0 Å². The Morgan fingerprint density at radius 3 is 1.70 bits per heavy atom. The van der Waals surface area contributed by atoms with E-state index in [1.54, 1.807) is 0 Å². The molecule has 0 aromatic carbocycles. The zero-order valence-corrected chi connectivity index (χ0v) is 16.7. The number of rotatable bonds is 8. The van der Waals surface area contributed by atoms with Crippen molar-refractivity contribution in [3.05, 3.63) is 0 Å². The number of halogens is 6. The molecule has 0 radical (unpaired) electrons. The lowest BCUT2D eigenvalue weighted by atomic mass is 10.1. The molecule has 0 amide bonds. The minimum absolute atomic E-state index is 1.37. The van der Waals surface area contributed by atoms with Crippen LogP contribution in [0.4, 0.5) is 26.3 Å². The van der Waals surface area contributed by atoms with Crippen molar-refractivity contribution < 1.29 is 39.6 Å². The van der Waals surface area contributed by atoms with E-state index >= 15 is 0 Å². The molecular weight excluding hydrogens is 398 g/mol. The van der Waals surface area contributed by atoms with E-state index in [0.29, 0.717) is 0 Å². The first-order valence-corrected chi connectivity index (χ1v) is 10.3. The van der Waals surface area contributed by atoms with Crippen LogP contribution in [0.15, 0.2) is 0 Å². The van der Waals surface area contributed by atoms with Crippen molar-refractivity contribution in [1.82, 2.24) is 4.31 Å². The monoisotopic (exact) mass is 428 g/mol. The number of alkyl halides is 6. The Labute approximate surface area is 159 Å². The molecule has 1 unspecified atom stereocenters. The van der Waals surface area contributed by atoms with Gasteiger partial charge < -0.3 is 9.04 Å². The zero-order chi connectivity index (χ0) is 21.1. The zero-order valence-electron chi connectivity index (χ0n) is 15.9. The number of likely N-dealkylation sites (tertiary alicyclic amines) is 1. The van der Waals surface area contributed by atoms with Crippen molar-refractivity contribution in [1.29, 1.82) is 0 Å². The van der Waals surface area contributed by atoms with Crippen LogP contribution in [-0.2, 0) is 11.3 Å². The Balaban J connectivity index is 0.000000516. The van der Waals surface area contributed by atoms with Crippen molar-refractivity contribution in [3.8, 4) is 0 Å². The van der Waals surface area contributed by atoms with Crippen molar-refractivity contribution in [3.63, 3.8) is 0 Å². The van der Waals surface area contributed by atoms with Gasteiger partial charge in [-0.25, -0.2) is 0 Å². The molecule has 1 saturated heterocycles. The standard InChI is InChI=1S/C14H30N.C2HF6NO2S/c1-3-5-6-7-9-12-15(4-2)13-10-8-11-14-15;3-1(4,5)9(12(10)11)2(6,7)8/h3-14H2,1-2H3;(H,10,11)/q+1;/p-1. The van der Waals surface area contributed by atoms with Crippen molar-refractivity contribution in [2.45, 2.75) is 77.8 Å². The topological polar surface area (TPSA) is 43.4 Å². The SMILES string of the molecule is CCCCCCC[N+]1(CC)CCCCC1.O=S([O-])N(C(F)(F)F)C(F)(F)F. The summed E-state index contributed by atoms with van der Waals surface area (Å²) in [4.78, 5) is 0. The predicted octanol–water partition coefficient (Wildman–Crippen LogP) is 5.10. The second-order valence-corrected chi connectivity index (χ2v) is 7.55. The molecule has 27 heavy (non-hydrogen) atoms. The van der Waals surface area contributed by atoms with Crippen molar-refractivity contribution in [2.24, 2.45) is 0 Å². The van der Waals surface area contributed by atoms with Gasteiger partial charge in [0.15, 0.2) is 0 Å². The molecule has 0 spiro atoms. The smallest absolute Gasteiger partial charge is 0.477 e. The van der Waals surface area contributed by atoms with Crippen LogP contribution < -0.4 is 0 Å². The Morgan fingerprint density at radius 1 is 0.889 bits per heavy atom. The summed E-state index contributed by atoms with van der Waals surface area (Å²) in [5.41, 5.74) is 0. The molecule has 1 rings (SSSR count). The van der Waals surface area contributed by atoms with Gasteiger partial charge in [-0.05, 0) is 43.3 Å². The first kappa shape index (κ1) is 26.6. The number of hydrogen-bond acceptors (Lipinski definition) is 2. The molecule has 1 aliphatic heterocycles. The fourth-order valence-electron chi connectivity index (χ4n) is 3.24. The molecule has 0 bridgehead atoms. The van der Waals surface area contributed by atoms with Gasteiger partial charge in [-0.15, -0.1) is 0 Å². The third-order valence-electron chi connectivity index (χ3n) is 4.78. The number of nitrogens with zero attached hydrogens (tertiary/aromatic N) is 2. The average molecular weight is 428 g/mol. The highest BCUT2D eigenvalue weighted by Crippen LogP contribution is 2.34. The van der Waals surface area contributed by atoms with Crippen LogP contribution in [0.3, 0.4) is 0 Å². The lowest BCUT2D eigenvalue weighted by Gasteiger charge is -2.41. The molecule has 0 N–H and O–H groups in total. The summed E-state index contributed by atoms with van der Waals surface area (Å²) in [7, 11) is 0. The Hall–Kier alpha value is -0.390. The summed E-state index contributed by atoms with van der Waals surface area (Å²) in [5, 5.41) is 0. The largest absolute Gasteiger partial charge is 0.759 e. The fourth-order valence-corrected chi connectivity index (χ4v) is 3.58. The minimum Gasteiger partial charge on any atom is -0.759 e. The van der Waals surface area contributed by atoms with Gasteiger partial charge in [-0.1, -0.05) is 26.2 Å². The molecule has 0 aliphatic carbocycles. The molecule has 4 nitrogen and oxygen atoms in total. The van der Waals surface area contributed by atoms with E-state index in [9.17, 15) is 35.1 Å². The normalized spacial score (nSPS) is 18.7. The Kier molecular flexibility index (Phi) is 12.1. The number of unbranched alkanes of at least 4 members (excludes halogenated alkanes) is 4.